The van der Waals surface area contributed by atoms with Crippen LogP contribution in [0.3, 0.4) is 0 Å². The van der Waals surface area contributed by atoms with Gasteiger partial charge in [0.05, 0.1) is 0 Å². The van der Waals surface area contributed by atoms with Crippen LogP contribution >= 0.6 is 47.0 Å². The van der Waals surface area contributed by atoms with E-state index in [1.807, 2.05) is 32.0 Å². The Balaban J connectivity index is 2.60. The van der Waals surface area contributed by atoms with Gasteiger partial charge in [-0.2, -0.15) is 0 Å². The molecule has 0 saturated heterocycles. The first-order chi connectivity index (χ1) is 12.6. The van der Waals surface area contributed by atoms with E-state index in [1.165, 1.54) is 6.42 Å². The Hall–Kier alpha value is -0.750. The van der Waals surface area contributed by atoms with E-state index in [4.69, 9.17) is 47.0 Å². The maximum absolute atomic E-state index is 12.2. The van der Waals surface area contributed by atoms with Crippen molar-refractivity contribution in [1.82, 2.24) is 10.6 Å². The number of benzene rings is 1. The molecule has 0 fully saturated rings. The molecule has 0 unspecified atom stereocenters. The monoisotopic (exact) mass is 451 g/mol. The summed E-state index contributed by atoms with van der Waals surface area (Å²) in [5, 5.41) is 8.96. The number of aryl methyl sites for hydroxylation is 2. The summed E-state index contributed by atoms with van der Waals surface area (Å²) in [5.41, 5.74) is 2.99. The molecule has 1 rings (SSSR count). The van der Waals surface area contributed by atoms with Gasteiger partial charge in [-0.25, -0.2) is 0 Å². The van der Waals surface area contributed by atoms with Crippen LogP contribution in [-0.2, 0) is 4.79 Å². The number of rotatable bonds is 9. The van der Waals surface area contributed by atoms with Gasteiger partial charge >= 0.3 is 0 Å². The predicted octanol–water partition coefficient (Wildman–Crippen LogP) is 5.76. The number of hydrogen-bond acceptors (Lipinski definition) is 2. The summed E-state index contributed by atoms with van der Waals surface area (Å²) in [5.74, 6) is -0.176. The fourth-order valence-electron chi connectivity index (χ4n) is 2.48. The molecule has 0 aliphatic rings. The Kier molecular flexibility index (Phi) is 10.7. The van der Waals surface area contributed by atoms with Crippen LogP contribution in [-0.4, -0.2) is 21.0 Å². The third-order valence-electron chi connectivity index (χ3n) is 4.06. The van der Waals surface area contributed by atoms with E-state index in [9.17, 15) is 4.79 Å². The van der Waals surface area contributed by atoms with Crippen molar-refractivity contribution in [3.8, 4) is 0 Å². The van der Waals surface area contributed by atoms with E-state index in [0.29, 0.717) is 6.42 Å². The van der Waals surface area contributed by atoms with Crippen molar-refractivity contribution in [2.75, 3.05) is 5.32 Å². The van der Waals surface area contributed by atoms with Crippen molar-refractivity contribution in [1.29, 1.82) is 0 Å². The first kappa shape index (κ1) is 24.3. The van der Waals surface area contributed by atoms with Gasteiger partial charge in [-0.05, 0) is 49.7 Å². The van der Waals surface area contributed by atoms with Crippen LogP contribution in [0.4, 0.5) is 5.69 Å². The summed E-state index contributed by atoms with van der Waals surface area (Å²) in [6.07, 6.45) is 4.74. The average molecular weight is 453 g/mol. The minimum absolute atomic E-state index is 0.176. The number of nitrogens with one attached hydrogen (secondary N) is 3. The van der Waals surface area contributed by atoms with Crippen LogP contribution in [0.5, 0.6) is 0 Å². The van der Waals surface area contributed by atoms with Gasteiger partial charge in [-0.3, -0.25) is 4.79 Å². The van der Waals surface area contributed by atoms with Gasteiger partial charge in [0.2, 0.25) is 9.70 Å². The van der Waals surface area contributed by atoms with Crippen molar-refractivity contribution in [3.05, 3.63) is 29.3 Å². The molecule has 1 amide bonds. The lowest BCUT2D eigenvalue weighted by molar-refractivity contribution is -0.122. The topological polar surface area (TPSA) is 53.2 Å². The number of unbranched alkanes of at least 4 members (excludes halogenated alkanes) is 4. The minimum atomic E-state index is -1.74. The lowest BCUT2D eigenvalue weighted by Gasteiger charge is -2.28. The van der Waals surface area contributed by atoms with Gasteiger partial charge in [-0.15, -0.1) is 0 Å². The number of halogens is 3. The predicted molar refractivity (Wildman–Crippen MR) is 121 cm³/mol. The first-order valence-corrected chi connectivity index (χ1v) is 10.7. The molecule has 0 aromatic heterocycles. The highest BCUT2D eigenvalue weighted by atomic mass is 35.6. The number of thiocarbonyl (C=S) groups is 1. The number of carbonyl (C=O) groups is 1. The molecule has 0 aliphatic carbocycles. The van der Waals surface area contributed by atoms with Crippen LogP contribution in [0.1, 0.15) is 56.6 Å². The average Bonchev–Trinajstić information content (AvgIpc) is 2.56. The summed E-state index contributed by atoms with van der Waals surface area (Å²) in [7, 11) is 0. The summed E-state index contributed by atoms with van der Waals surface area (Å²) >= 11 is 23.4. The highest BCUT2D eigenvalue weighted by Crippen LogP contribution is 2.29. The maximum Gasteiger partial charge on any atom is 0.228 e. The first-order valence-electron chi connectivity index (χ1n) is 9.14. The molecule has 27 heavy (non-hydrogen) atoms. The van der Waals surface area contributed by atoms with E-state index < -0.39 is 9.96 Å². The third-order valence-corrected chi connectivity index (χ3v) is 4.93. The van der Waals surface area contributed by atoms with Gasteiger partial charge in [0, 0.05) is 12.1 Å². The fourth-order valence-corrected chi connectivity index (χ4v) is 3.04. The zero-order valence-electron chi connectivity index (χ0n) is 16.0. The van der Waals surface area contributed by atoms with Crippen LogP contribution in [0.15, 0.2) is 18.2 Å². The molecule has 1 aromatic rings. The summed E-state index contributed by atoms with van der Waals surface area (Å²) in [6, 6.07) is 5.98. The molecule has 8 heteroatoms. The highest BCUT2D eigenvalue weighted by molar-refractivity contribution is 7.80. The van der Waals surface area contributed by atoms with E-state index in [0.717, 1.165) is 42.5 Å². The zero-order valence-corrected chi connectivity index (χ0v) is 19.1. The lowest BCUT2D eigenvalue weighted by atomic mass is 10.1. The van der Waals surface area contributed by atoms with Crippen LogP contribution in [0.25, 0.3) is 0 Å². The van der Waals surface area contributed by atoms with Crippen molar-refractivity contribution in [2.24, 2.45) is 0 Å². The number of carbonyl (C=O) groups excluding carboxylic acids is 1. The summed E-state index contributed by atoms with van der Waals surface area (Å²) in [4.78, 5) is 12.2. The molecule has 0 bridgehead atoms. The van der Waals surface area contributed by atoms with Crippen LogP contribution < -0.4 is 16.0 Å². The van der Waals surface area contributed by atoms with Crippen molar-refractivity contribution >= 4 is 63.7 Å². The molecule has 0 saturated carbocycles. The Labute approximate surface area is 182 Å². The number of amides is 1. The molecule has 0 spiro atoms. The number of anilines is 1. The molecule has 1 atom stereocenters. The second-order valence-electron chi connectivity index (χ2n) is 6.62. The quantitative estimate of drug-likeness (QED) is 0.193. The van der Waals surface area contributed by atoms with Crippen LogP contribution in [0, 0.1) is 13.8 Å². The normalized spacial score (nSPS) is 12.4. The van der Waals surface area contributed by atoms with E-state index >= 15 is 0 Å². The van der Waals surface area contributed by atoms with E-state index in [1.54, 1.807) is 0 Å². The van der Waals surface area contributed by atoms with E-state index in [2.05, 4.69) is 22.9 Å². The molecule has 4 nitrogen and oxygen atoms in total. The summed E-state index contributed by atoms with van der Waals surface area (Å²) < 4.78 is -1.74. The Morgan fingerprint density at radius 2 is 1.78 bits per heavy atom. The molecule has 0 radical (unpaired) electrons. The number of alkyl halides is 3. The van der Waals surface area contributed by atoms with Gasteiger partial charge in [0.1, 0.15) is 6.17 Å². The molecule has 152 valence electrons. The van der Waals surface area contributed by atoms with Crippen molar-refractivity contribution in [2.45, 2.75) is 69.3 Å². The van der Waals surface area contributed by atoms with Gasteiger partial charge < -0.3 is 16.0 Å². The lowest BCUT2D eigenvalue weighted by Crippen LogP contribution is -2.56. The van der Waals surface area contributed by atoms with Crippen molar-refractivity contribution in [3.63, 3.8) is 0 Å². The molecule has 1 aromatic carbocycles. The molecule has 0 heterocycles. The Morgan fingerprint density at radius 1 is 1.11 bits per heavy atom. The molecule has 0 aliphatic heterocycles. The van der Waals surface area contributed by atoms with Crippen molar-refractivity contribution < 1.29 is 4.79 Å². The SMILES string of the molecule is CCCCCCCC(=O)N[C@H](NC(=S)Nc1cc(C)ccc1C)C(Cl)(Cl)Cl. The third kappa shape index (κ3) is 9.84. The molecular formula is C19H28Cl3N3OS. The largest absolute Gasteiger partial charge is 0.339 e. The smallest absolute Gasteiger partial charge is 0.228 e. The Bertz CT molecular complexity index is 635. The maximum atomic E-state index is 12.2. The molecule has 3 N–H and O–H groups in total. The van der Waals surface area contributed by atoms with Crippen LogP contribution in [0.2, 0.25) is 0 Å². The second kappa shape index (κ2) is 11.9. The molecular weight excluding hydrogens is 425 g/mol. The van der Waals surface area contributed by atoms with E-state index in [-0.39, 0.29) is 11.0 Å². The number of hydrogen-bond donors (Lipinski definition) is 3. The minimum Gasteiger partial charge on any atom is -0.339 e. The van der Waals surface area contributed by atoms with Gasteiger partial charge in [0.15, 0.2) is 5.11 Å². The Morgan fingerprint density at radius 3 is 2.41 bits per heavy atom. The van der Waals surface area contributed by atoms with Gasteiger partial charge in [0.25, 0.3) is 0 Å². The summed E-state index contributed by atoms with van der Waals surface area (Å²) in [6.45, 7) is 6.11. The standard InChI is InChI=1S/C19H28Cl3N3OS/c1-4-5-6-7-8-9-16(26)24-17(19(20,21)22)25-18(27)23-15-12-13(2)10-11-14(15)3/h10-12,17H,4-9H2,1-3H3,(H,24,26)(H2,23,25,27)/t17-/m1/s1. The second-order valence-corrected chi connectivity index (χ2v) is 9.40. The fraction of sp³-hybridized carbons (Fsp3) is 0.579. The zero-order chi connectivity index (χ0) is 20.4. The van der Waals surface area contributed by atoms with Gasteiger partial charge in [-0.1, -0.05) is 79.5 Å². The highest BCUT2D eigenvalue weighted by Gasteiger charge is 2.34.